The van der Waals surface area contributed by atoms with Crippen LogP contribution < -0.4 is 5.32 Å². The van der Waals surface area contributed by atoms with E-state index in [0.29, 0.717) is 21.1 Å². The second-order valence-electron chi connectivity index (χ2n) is 5.38. The number of carbonyl (C=O) groups is 1. The fourth-order valence-electron chi connectivity index (χ4n) is 2.21. The number of hydrogen-bond acceptors (Lipinski definition) is 5. The first kappa shape index (κ1) is 17.6. The molecule has 1 heterocycles. The first-order valence-corrected chi connectivity index (χ1v) is 8.88. The van der Waals surface area contributed by atoms with Gasteiger partial charge in [0, 0.05) is 12.1 Å². The Balaban J connectivity index is 1.73. The summed E-state index contributed by atoms with van der Waals surface area (Å²) in [5.41, 5.74) is 2.70. The summed E-state index contributed by atoms with van der Waals surface area (Å²) in [6.07, 6.45) is 0. The third kappa shape index (κ3) is 4.08. The molecule has 0 unspecified atom stereocenters. The van der Waals surface area contributed by atoms with Crippen molar-refractivity contribution in [3.8, 4) is 17.1 Å². The molecule has 0 aliphatic carbocycles. The fourth-order valence-corrected chi connectivity index (χ4v) is 3.39. The molecule has 2 aromatic carbocycles. The molecule has 6 nitrogen and oxygen atoms in total. The second-order valence-corrected chi connectivity index (χ2v) is 7.09. The van der Waals surface area contributed by atoms with E-state index in [1.807, 2.05) is 31.2 Å². The van der Waals surface area contributed by atoms with Gasteiger partial charge in [0.15, 0.2) is 0 Å². The van der Waals surface area contributed by atoms with Crippen molar-refractivity contribution in [3.05, 3.63) is 62.4 Å². The largest absolute Gasteiger partial charge is 0.506 e. The highest BCUT2D eigenvalue weighted by Crippen LogP contribution is 2.36. The van der Waals surface area contributed by atoms with E-state index in [-0.39, 0.29) is 17.5 Å². The molecule has 1 amide bonds. The molecule has 0 radical (unpaired) electrons. The quantitative estimate of drug-likeness (QED) is 0.601. The zero-order valence-corrected chi connectivity index (χ0v) is 16.3. The summed E-state index contributed by atoms with van der Waals surface area (Å²) in [5.74, 6) is -0.245. The Bertz CT molecular complexity index is 917. The molecule has 0 saturated heterocycles. The van der Waals surface area contributed by atoms with E-state index in [9.17, 15) is 9.90 Å². The van der Waals surface area contributed by atoms with Gasteiger partial charge >= 0.3 is 11.8 Å². The van der Waals surface area contributed by atoms with E-state index in [0.717, 1.165) is 11.1 Å². The molecule has 3 aromatic rings. The van der Waals surface area contributed by atoms with Gasteiger partial charge in [-0.05, 0) is 56.5 Å². The number of aryl methyl sites for hydroxylation is 1. The van der Waals surface area contributed by atoms with E-state index >= 15 is 0 Å². The van der Waals surface area contributed by atoms with Crippen LogP contribution >= 0.6 is 31.9 Å². The number of halogens is 2. The van der Waals surface area contributed by atoms with Gasteiger partial charge in [-0.25, -0.2) is 0 Å². The van der Waals surface area contributed by atoms with Gasteiger partial charge in [0.25, 0.3) is 0 Å². The van der Waals surface area contributed by atoms with Gasteiger partial charge in [0.05, 0.1) is 8.95 Å². The van der Waals surface area contributed by atoms with Crippen molar-refractivity contribution in [2.75, 3.05) is 0 Å². The van der Waals surface area contributed by atoms with E-state index < -0.39 is 5.91 Å². The average molecular weight is 467 g/mol. The number of phenols is 1. The summed E-state index contributed by atoms with van der Waals surface area (Å²) in [7, 11) is 0. The maximum absolute atomic E-state index is 12.2. The molecular formula is C17H13Br2N3O3. The number of carbonyl (C=O) groups excluding carboxylic acids is 1. The SMILES string of the molecule is Cc1cccc(CNC(=O)c2nc(-c3cc(Br)c(O)c(Br)c3)no2)c1. The van der Waals surface area contributed by atoms with E-state index in [2.05, 4.69) is 47.3 Å². The lowest BCUT2D eigenvalue weighted by Gasteiger charge is -2.03. The standard InChI is InChI=1S/C17H13Br2N3O3/c1-9-3-2-4-10(5-9)8-20-16(24)17-21-15(22-25-17)11-6-12(18)14(23)13(19)7-11/h2-7,23H,8H2,1H3,(H,20,24). The van der Waals surface area contributed by atoms with Crippen molar-refractivity contribution in [3.63, 3.8) is 0 Å². The molecule has 0 atom stereocenters. The zero-order valence-electron chi connectivity index (χ0n) is 13.1. The Kier molecular flexibility index (Phi) is 5.19. The first-order chi connectivity index (χ1) is 11.9. The third-order valence-electron chi connectivity index (χ3n) is 3.43. The number of benzene rings is 2. The maximum atomic E-state index is 12.2. The summed E-state index contributed by atoms with van der Waals surface area (Å²) >= 11 is 6.48. The first-order valence-electron chi connectivity index (χ1n) is 7.30. The van der Waals surface area contributed by atoms with Gasteiger partial charge < -0.3 is 14.9 Å². The lowest BCUT2D eigenvalue weighted by atomic mass is 10.1. The second kappa shape index (κ2) is 7.37. The van der Waals surface area contributed by atoms with Crippen LogP contribution in [0.5, 0.6) is 5.75 Å². The number of rotatable bonds is 4. The molecule has 8 heteroatoms. The van der Waals surface area contributed by atoms with Crippen LogP contribution in [0.3, 0.4) is 0 Å². The molecule has 0 bridgehead atoms. The minimum atomic E-state index is -0.447. The fraction of sp³-hybridized carbons (Fsp3) is 0.118. The number of phenolic OH excluding ortho intramolecular Hbond substituents is 1. The molecule has 0 spiro atoms. The van der Waals surface area contributed by atoms with E-state index in [4.69, 9.17) is 4.52 Å². The number of hydrogen-bond donors (Lipinski definition) is 2. The molecule has 0 aliphatic rings. The summed E-state index contributed by atoms with van der Waals surface area (Å²) in [4.78, 5) is 16.3. The Morgan fingerprint density at radius 1 is 1.24 bits per heavy atom. The van der Waals surface area contributed by atoms with E-state index in [1.54, 1.807) is 12.1 Å². The summed E-state index contributed by atoms with van der Waals surface area (Å²) in [6, 6.07) is 11.1. The summed E-state index contributed by atoms with van der Waals surface area (Å²) in [5, 5.41) is 16.3. The predicted octanol–water partition coefficient (Wildman–Crippen LogP) is 4.21. The lowest BCUT2D eigenvalue weighted by Crippen LogP contribution is -2.23. The molecule has 0 aliphatic heterocycles. The van der Waals surface area contributed by atoms with Crippen molar-refractivity contribution in [2.24, 2.45) is 0 Å². The van der Waals surface area contributed by atoms with Gasteiger partial charge in [0.2, 0.25) is 5.82 Å². The number of nitrogens with zero attached hydrogens (tertiary/aromatic N) is 2. The molecule has 0 fully saturated rings. The van der Waals surface area contributed by atoms with Crippen molar-refractivity contribution in [1.82, 2.24) is 15.5 Å². The van der Waals surface area contributed by atoms with Gasteiger partial charge in [0.1, 0.15) is 5.75 Å². The average Bonchev–Trinajstić information content (AvgIpc) is 3.07. The van der Waals surface area contributed by atoms with Gasteiger partial charge in [-0.3, -0.25) is 4.79 Å². The highest BCUT2D eigenvalue weighted by Gasteiger charge is 2.17. The van der Waals surface area contributed by atoms with Gasteiger partial charge in [-0.1, -0.05) is 35.0 Å². The zero-order chi connectivity index (χ0) is 18.0. The minimum absolute atomic E-state index is 0.0726. The van der Waals surface area contributed by atoms with E-state index in [1.165, 1.54) is 0 Å². The number of aromatic nitrogens is 2. The number of nitrogens with one attached hydrogen (secondary N) is 1. The number of aromatic hydroxyl groups is 1. The molecule has 25 heavy (non-hydrogen) atoms. The Morgan fingerprint density at radius 3 is 2.64 bits per heavy atom. The smallest absolute Gasteiger partial charge is 0.316 e. The van der Waals surface area contributed by atoms with Crippen LogP contribution in [0.25, 0.3) is 11.4 Å². The molecule has 1 aromatic heterocycles. The third-order valence-corrected chi connectivity index (χ3v) is 4.64. The summed E-state index contributed by atoms with van der Waals surface area (Å²) in [6.45, 7) is 2.36. The molecular weight excluding hydrogens is 454 g/mol. The highest BCUT2D eigenvalue weighted by atomic mass is 79.9. The van der Waals surface area contributed by atoms with Crippen molar-refractivity contribution in [1.29, 1.82) is 0 Å². The topological polar surface area (TPSA) is 88.2 Å². The molecule has 128 valence electrons. The van der Waals surface area contributed by atoms with Crippen molar-refractivity contribution in [2.45, 2.75) is 13.5 Å². The normalized spacial score (nSPS) is 10.7. The van der Waals surface area contributed by atoms with Crippen LogP contribution in [0.1, 0.15) is 21.8 Å². The highest BCUT2D eigenvalue weighted by molar-refractivity contribution is 9.11. The van der Waals surface area contributed by atoms with Gasteiger partial charge in [-0.2, -0.15) is 4.98 Å². The Hall–Kier alpha value is -2.19. The Morgan fingerprint density at radius 2 is 1.96 bits per heavy atom. The van der Waals surface area contributed by atoms with Crippen LogP contribution in [-0.2, 0) is 6.54 Å². The summed E-state index contributed by atoms with van der Waals surface area (Å²) < 4.78 is 5.99. The lowest BCUT2D eigenvalue weighted by molar-refractivity contribution is 0.0907. The maximum Gasteiger partial charge on any atom is 0.316 e. The van der Waals surface area contributed by atoms with Crippen LogP contribution in [-0.4, -0.2) is 21.2 Å². The molecule has 0 saturated carbocycles. The van der Waals surface area contributed by atoms with Crippen LogP contribution in [0.15, 0.2) is 49.9 Å². The van der Waals surface area contributed by atoms with Gasteiger partial charge in [-0.15, -0.1) is 0 Å². The molecule has 3 rings (SSSR count). The van der Waals surface area contributed by atoms with Crippen LogP contribution in [0, 0.1) is 6.92 Å². The molecule has 2 N–H and O–H groups in total. The Labute approximate surface area is 160 Å². The van der Waals surface area contributed by atoms with Crippen LogP contribution in [0.4, 0.5) is 0 Å². The predicted molar refractivity (Wildman–Crippen MR) is 99.1 cm³/mol. The number of amides is 1. The van der Waals surface area contributed by atoms with Crippen LogP contribution in [0.2, 0.25) is 0 Å². The monoisotopic (exact) mass is 465 g/mol. The van der Waals surface area contributed by atoms with Crippen molar-refractivity contribution < 1.29 is 14.4 Å². The minimum Gasteiger partial charge on any atom is -0.506 e. The van der Waals surface area contributed by atoms with Crippen molar-refractivity contribution >= 4 is 37.8 Å².